The summed E-state index contributed by atoms with van der Waals surface area (Å²) < 4.78 is 0. The highest BCUT2D eigenvalue weighted by molar-refractivity contribution is 5.62. The molecule has 0 aliphatic heterocycles. The van der Waals surface area contributed by atoms with E-state index >= 15 is 0 Å². The van der Waals surface area contributed by atoms with Crippen molar-refractivity contribution in [3.63, 3.8) is 0 Å². The summed E-state index contributed by atoms with van der Waals surface area (Å²) in [5, 5.41) is 0. The number of hydrogen-bond acceptors (Lipinski definition) is 2. The third-order valence-corrected chi connectivity index (χ3v) is 2.26. The molecule has 1 N–H and O–H groups in total. The molecule has 15 heavy (non-hydrogen) atoms. The van der Waals surface area contributed by atoms with Crippen LogP contribution < -0.4 is 5.56 Å². The van der Waals surface area contributed by atoms with E-state index in [4.69, 9.17) is 0 Å². The molecule has 76 valence electrons. The van der Waals surface area contributed by atoms with Gasteiger partial charge in [0.1, 0.15) is 5.82 Å². The van der Waals surface area contributed by atoms with E-state index in [1.807, 2.05) is 31.2 Å². The summed E-state index contributed by atoms with van der Waals surface area (Å²) in [5.74, 6) is 0.636. The summed E-state index contributed by atoms with van der Waals surface area (Å²) in [6.45, 7) is 3.76. The van der Waals surface area contributed by atoms with Gasteiger partial charge in [0.15, 0.2) is 0 Å². The largest absolute Gasteiger partial charge is 0.310 e. The Balaban J connectivity index is 2.59. The van der Waals surface area contributed by atoms with E-state index in [1.54, 1.807) is 13.1 Å². The van der Waals surface area contributed by atoms with E-state index in [-0.39, 0.29) is 5.56 Å². The van der Waals surface area contributed by atoms with E-state index in [1.165, 1.54) is 0 Å². The van der Waals surface area contributed by atoms with Gasteiger partial charge in [0.2, 0.25) is 0 Å². The molecule has 2 rings (SSSR count). The maximum absolute atomic E-state index is 11.7. The Kier molecular flexibility index (Phi) is 2.37. The van der Waals surface area contributed by atoms with Crippen LogP contribution in [0.3, 0.4) is 0 Å². The zero-order valence-corrected chi connectivity index (χ0v) is 8.74. The Morgan fingerprint density at radius 3 is 2.73 bits per heavy atom. The molecule has 0 saturated carbocycles. The summed E-state index contributed by atoms with van der Waals surface area (Å²) in [7, 11) is 0. The van der Waals surface area contributed by atoms with Gasteiger partial charge in [-0.25, -0.2) is 4.98 Å². The van der Waals surface area contributed by atoms with Crippen molar-refractivity contribution in [1.29, 1.82) is 0 Å². The molecule has 0 bridgehead atoms. The number of H-pyrrole nitrogens is 1. The van der Waals surface area contributed by atoms with E-state index < -0.39 is 0 Å². The first kappa shape index (κ1) is 9.65. The molecule has 2 aromatic rings. The molecule has 0 fully saturated rings. The van der Waals surface area contributed by atoms with Gasteiger partial charge >= 0.3 is 0 Å². The Morgan fingerprint density at radius 2 is 2.07 bits per heavy atom. The van der Waals surface area contributed by atoms with Crippen molar-refractivity contribution in [3.05, 3.63) is 52.2 Å². The van der Waals surface area contributed by atoms with Crippen LogP contribution in [0.25, 0.3) is 11.1 Å². The Morgan fingerprint density at radius 1 is 1.27 bits per heavy atom. The first-order valence-electron chi connectivity index (χ1n) is 4.80. The van der Waals surface area contributed by atoms with Gasteiger partial charge < -0.3 is 4.98 Å². The van der Waals surface area contributed by atoms with Gasteiger partial charge in [0.05, 0.1) is 5.56 Å². The Bertz CT molecular complexity index is 543. The van der Waals surface area contributed by atoms with Crippen LogP contribution in [-0.2, 0) is 0 Å². The molecule has 0 unspecified atom stereocenters. The van der Waals surface area contributed by atoms with Gasteiger partial charge in [-0.15, -0.1) is 0 Å². The van der Waals surface area contributed by atoms with Crippen molar-refractivity contribution in [2.75, 3.05) is 0 Å². The second-order valence-electron chi connectivity index (χ2n) is 3.58. The highest BCUT2D eigenvalue weighted by Gasteiger charge is 2.03. The lowest BCUT2D eigenvalue weighted by atomic mass is 10.1. The predicted octanol–water partition coefficient (Wildman–Crippen LogP) is 2.05. The minimum atomic E-state index is -0.0897. The zero-order valence-electron chi connectivity index (χ0n) is 8.74. The molecular weight excluding hydrogens is 188 g/mol. The third-order valence-electron chi connectivity index (χ3n) is 2.26. The zero-order chi connectivity index (χ0) is 10.8. The maximum Gasteiger partial charge on any atom is 0.258 e. The first-order chi connectivity index (χ1) is 7.16. The average Bonchev–Trinajstić information content (AvgIpc) is 2.17. The number of rotatable bonds is 1. The lowest BCUT2D eigenvalue weighted by Gasteiger charge is -2.01. The van der Waals surface area contributed by atoms with E-state index in [0.717, 1.165) is 11.1 Å². The highest BCUT2D eigenvalue weighted by atomic mass is 16.1. The molecule has 1 aromatic heterocycles. The van der Waals surface area contributed by atoms with Gasteiger partial charge in [-0.3, -0.25) is 4.79 Å². The molecule has 0 atom stereocenters. The van der Waals surface area contributed by atoms with Crippen LogP contribution in [0.1, 0.15) is 11.4 Å². The normalized spacial score (nSPS) is 10.3. The summed E-state index contributed by atoms with van der Waals surface area (Å²) in [5.41, 5.74) is 2.56. The lowest BCUT2D eigenvalue weighted by Crippen LogP contribution is -2.11. The fraction of sp³-hybridized carbons (Fsp3) is 0.167. The minimum Gasteiger partial charge on any atom is -0.310 e. The van der Waals surface area contributed by atoms with Crippen molar-refractivity contribution in [2.24, 2.45) is 0 Å². The summed E-state index contributed by atoms with van der Waals surface area (Å²) in [4.78, 5) is 18.4. The van der Waals surface area contributed by atoms with Crippen LogP contribution in [0.2, 0.25) is 0 Å². The summed E-state index contributed by atoms with van der Waals surface area (Å²) >= 11 is 0. The second kappa shape index (κ2) is 3.69. The van der Waals surface area contributed by atoms with Crippen molar-refractivity contribution in [2.45, 2.75) is 13.8 Å². The van der Waals surface area contributed by atoms with Crippen LogP contribution >= 0.6 is 0 Å². The monoisotopic (exact) mass is 200 g/mol. The van der Waals surface area contributed by atoms with E-state index in [0.29, 0.717) is 11.4 Å². The van der Waals surface area contributed by atoms with Crippen molar-refractivity contribution in [3.8, 4) is 11.1 Å². The topological polar surface area (TPSA) is 45.8 Å². The van der Waals surface area contributed by atoms with E-state index in [9.17, 15) is 4.79 Å². The van der Waals surface area contributed by atoms with Crippen molar-refractivity contribution in [1.82, 2.24) is 9.97 Å². The van der Waals surface area contributed by atoms with Crippen LogP contribution in [0.5, 0.6) is 0 Å². The highest BCUT2D eigenvalue weighted by Crippen LogP contribution is 2.15. The molecule has 0 spiro atoms. The molecular formula is C12H12N2O. The quantitative estimate of drug-likeness (QED) is 0.765. The smallest absolute Gasteiger partial charge is 0.258 e. The van der Waals surface area contributed by atoms with E-state index in [2.05, 4.69) is 9.97 Å². The first-order valence-corrected chi connectivity index (χ1v) is 4.80. The lowest BCUT2D eigenvalue weighted by molar-refractivity contribution is 1.02. The number of nitrogens with one attached hydrogen (secondary N) is 1. The fourth-order valence-electron chi connectivity index (χ4n) is 1.50. The maximum atomic E-state index is 11.7. The number of aromatic amines is 1. The number of nitrogens with zero attached hydrogens (tertiary/aromatic N) is 1. The SMILES string of the molecule is Cc1cccc(-c2cnc(C)[nH]c2=O)c1. The Hall–Kier alpha value is -1.90. The van der Waals surface area contributed by atoms with Gasteiger partial charge in [0.25, 0.3) is 5.56 Å². The van der Waals surface area contributed by atoms with Crippen LogP contribution in [0, 0.1) is 13.8 Å². The van der Waals surface area contributed by atoms with Gasteiger partial charge in [0, 0.05) is 6.20 Å². The summed E-state index contributed by atoms with van der Waals surface area (Å²) in [6.07, 6.45) is 1.61. The van der Waals surface area contributed by atoms with Crippen molar-refractivity contribution < 1.29 is 0 Å². The van der Waals surface area contributed by atoms with Gasteiger partial charge in [-0.2, -0.15) is 0 Å². The average molecular weight is 200 g/mol. The number of aromatic nitrogens is 2. The third kappa shape index (κ3) is 1.96. The molecule has 3 nitrogen and oxygen atoms in total. The summed E-state index contributed by atoms with van der Waals surface area (Å²) in [6, 6.07) is 7.82. The molecule has 0 aliphatic rings. The standard InChI is InChI=1S/C12H12N2O/c1-8-4-3-5-10(6-8)11-7-13-9(2)14-12(11)15/h3-7H,1-2H3,(H,13,14,15). The molecule has 0 saturated heterocycles. The molecule has 1 aromatic carbocycles. The number of benzene rings is 1. The second-order valence-corrected chi connectivity index (χ2v) is 3.58. The van der Waals surface area contributed by atoms with Crippen LogP contribution in [0.15, 0.2) is 35.3 Å². The minimum absolute atomic E-state index is 0.0897. The van der Waals surface area contributed by atoms with Gasteiger partial charge in [-0.05, 0) is 19.4 Å². The van der Waals surface area contributed by atoms with Crippen LogP contribution in [0.4, 0.5) is 0 Å². The van der Waals surface area contributed by atoms with Gasteiger partial charge in [-0.1, -0.05) is 29.8 Å². The Labute approximate surface area is 87.8 Å². The molecule has 1 heterocycles. The molecule has 0 radical (unpaired) electrons. The van der Waals surface area contributed by atoms with Crippen LogP contribution in [-0.4, -0.2) is 9.97 Å². The fourth-order valence-corrected chi connectivity index (χ4v) is 1.50. The molecule has 3 heteroatoms. The van der Waals surface area contributed by atoms with Crippen molar-refractivity contribution >= 4 is 0 Å². The number of hydrogen-bond donors (Lipinski definition) is 1. The molecule has 0 amide bonds. The predicted molar refractivity (Wildman–Crippen MR) is 59.8 cm³/mol. The number of aryl methyl sites for hydroxylation is 2. The molecule has 0 aliphatic carbocycles.